The third-order valence-electron chi connectivity index (χ3n) is 1.68. The van der Waals surface area contributed by atoms with Crippen molar-refractivity contribution >= 4 is 43.3 Å². The Morgan fingerprint density at radius 2 is 1.56 bits per heavy atom. The Morgan fingerprint density at radius 3 is 1.94 bits per heavy atom. The number of carbonyl (C=O) groups is 2. The lowest BCUT2D eigenvalue weighted by Crippen LogP contribution is -2.05. The van der Waals surface area contributed by atoms with Gasteiger partial charge in [0, 0.05) is 0 Å². The van der Waals surface area contributed by atoms with Crippen molar-refractivity contribution in [2.75, 3.05) is 0 Å². The largest absolute Gasteiger partial charge is 0.478 e. The summed E-state index contributed by atoms with van der Waals surface area (Å²) >= 11 is 1.43. The summed E-state index contributed by atoms with van der Waals surface area (Å²) in [7, 11) is 0. The number of halogens is 2. The van der Waals surface area contributed by atoms with Gasteiger partial charge < -0.3 is 10.2 Å². The topological polar surface area (TPSA) is 109 Å². The molecule has 0 unspecified atom stereocenters. The van der Waals surface area contributed by atoms with Gasteiger partial charge in [-0.2, -0.15) is 0 Å². The van der Waals surface area contributed by atoms with E-state index in [1.165, 1.54) is 0 Å². The Morgan fingerprint density at radius 1 is 1.06 bits per heavy atom. The standard InChI is InChI=1S/C8H4ClIO6/c9-5-1-4(8(13)14)6(10(15)16)2-3(5)7(11)12/h1-2H,(H,11,12)(H,13,14). The van der Waals surface area contributed by atoms with E-state index in [-0.39, 0.29) is 5.02 Å². The third-order valence-corrected chi connectivity index (χ3v) is 3.84. The minimum Gasteiger partial charge on any atom is -0.478 e. The Balaban J connectivity index is 3.62. The lowest BCUT2D eigenvalue weighted by atomic mass is 10.1. The first-order chi connectivity index (χ1) is 7.34. The van der Waals surface area contributed by atoms with Crippen LogP contribution in [-0.2, 0) is 6.14 Å². The van der Waals surface area contributed by atoms with Crippen molar-refractivity contribution in [3.05, 3.63) is 31.9 Å². The maximum Gasteiger partial charge on any atom is 0.341 e. The van der Waals surface area contributed by atoms with Crippen LogP contribution in [0.1, 0.15) is 20.7 Å². The van der Waals surface area contributed by atoms with Gasteiger partial charge in [0.1, 0.15) is 0 Å². The number of carboxylic acid groups (broad SMARTS) is 2. The lowest BCUT2D eigenvalue weighted by molar-refractivity contribution is 0.0680. The molecule has 0 spiro atoms. The normalized spacial score (nSPS) is 10.4. The molecule has 0 aromatic heterocycles. The summed E-state index contributed by atoms with van der Waals surface area (Å²) in [5.74, 6) is -2.89. The van der Waals surface area contributed by atoms with E-state index in [2.05, 4.69) is 0 Å². The first-order valence-electron chi connectivity index (χ1n) is 3.70. The van der Waals surface area contributed by atoms with Crippen LogP contribution < -0.4 is 0 Å². The van der Waals surface area contributed by atoms with Gasteiger partial charge in [-0.25, -0.2) is 15.7 Å². The predicted molar refractivity (Wildman–Crippen MR) is 59.5 cm³/mol. The van der Waals surface area contributed by atoms with Gasteiger partial charge in [-0.1, -0.05) is 11.6 Å². The average molecular weight is 358 g/mol. The van der Waals surface area contributed by atoms with Crippen LogP contribution in [0.5, 0.6) is 0 Å². The number of rotatable bonds is 3. The maximum absolute atomic E-state index is 10.8. The lowest BCUT2D eigenvalue weighted by Gasteiger charge is -2.02. The molecule has 0 radical (unpaired) electrons. The van der Waals surface area contributed by atoms with E-state index in [4.69, 9.17) is 21.8 Å². The van der Waals surface area contributed by atoms with E-state index < -0.39 is 46.4 Å². The van der Waals surface area contributed by atoms with Crippen LogP contribution in [0.2, 0.25) is 5.02 Å². The fourth-order valence-corrected chi connectivity index (χ4v) is 2.67. The van der Waals surface area contributed by atoms with Crippen molar-refractivity contribution < 1.29 is 25.9 Å². The highest BCUT2D eigenvalue weighted by molar-refractivity contribution is 14.2. The van der Waals surface area contributed by atoms with Crippen molar-refractivity contribution in [1.82, 2.24) is 0 Å². The molecule has 1 aromatic rings. The van der Waals surface area contributed by atoms with E-state index in [1.54, 1.807) is 0 Å². The van der Waals surface area contributed by atoms with E-state index in [0.29, 0.717) is 0 Å². The first kappa shape index (κ1) is 12.8. The van der Waals surface area contributed by atoms with E-state index in [9.17, 15) is 15.7 Å². The van der Waals surface area contributed by atoms with Gasteiger partial charge in [-0.15, -0.1) is 0 Å². The van der Waals surface area contributed by atoms with Crippen LogP contribution in [0, 0.1) is 3.57 Å². The minimum atomic E-state index is -4.09. The van der Waals surface area contributed by atoms with E-state index in [0.717, 1.165) is 12.1 Å². The highest BCUT2D eigenvalue weighted by Gasteiger charge is 2.20. The van der Waals surface area contributed by atoms with Crippen molar-refractivity contribution in [2.45, 2.75) is 0 Å². The van der Waals surface area contributed by atoms with Crippen molar-refractivity contribution in [3.63, 3.8) is 0 Å². The minimum absolute atomic E-state index is 0.314. The highest BCUT2D eigenvalue weighted by atomic mass is 127. The average Bonchev–Trinajstić information content (AvgIpc) is 2.15. The van der Waals surface area contributed by atoms with Crippen LogP contribution in [0.4, 0.5) is 0 Å². The molecule has 0 fully saturated rings. The van der Waals surface area contributed by atoms with Crippen LogP contribution in [0.15, 0.2) is 12.1 Å². The van der Waals surface area contributed by atoms with Gasteiger partial charge in [0.2, 0.25) is 0 Å². The van der Waals surface area contributed by atoms with E-state index in [1.807, 2.05) is 0 Å². The van der Waals surface area contributed by atoms with Gasteiger partial charge in [-0.05, 0) is 12.1 Å². The zero-order valence-electron chi connectivity index (χ0n) is 7.44. The molecular weight excluding hydrogens is 354 g/mol. The molecule has 1 rings (SSSR count). The monoisotopic (exact) mass is 358 g/mol. The molecule has 6 nitrogen and oxygen atoms in total. The molecule has 0 aliphatic rings. The quantitative estimate of drug-likeness (QED) is 0.801. The molecule has 0 amide bonds. The van der Waals surface area contributed by atoms with Crippen molar-refractivity contribution in [3.8, 4) is 0 Å². The van der Waals surface area contributed by atoms with Crippen LogP contribution in [0.25, 0.3) is 0 Å². The highest BCUT2D eigenvalue weighted by Crippen LogP contribution is 2.28. The molecule has 0 aliphatic carbocycles. The summed E-state index contributed by atoms with van der Waals surface area (Å²) in [4.78, 5) is 21.4. The summed E-state index contributed by atoms with van der Waals surface area (Å²) in [5.41, 5.74) is -0.944. The Kier molecular flexibility index (Phi) is 3.81. The molecule has 0 bridgehead atoms. The Hall–Kier alpha value is -1.22. The van der Waals surface area contributed by atoms with Crippen LogP contribution in [-0.4, -0.2) is 22.2 Å². The maximum atomic E-state index is 10.8. The molecule has 1 aromatic carbocycles. The summed E-state index contributed by atoms with van der Waals surface area (Å²) in [6.07, 6.45) is 0. The fraction of sp³-hybridized carbons (Fsp3) is 0. The third kappa shape index (κ3) is 2.47. The molecule has 16 heavy (non-hydrogen) atoms. The summed E-state index contributed by atoms with van der Waals surface area (Å²) in [6, 6.07) is 1.59. The smallest absolute Gasteiger partial charge is 0.341 e. The van der Waals surface area contributed by atoms with Crippen LogP contribution >= 0.6 is 31.4 Å². The second-order valence-electron chi connectivity index (χ2n) is 2.64. The molecular formula is C8H4ClIO6. The van der Waals surface area contributed by atoms with Crippen LogP contribution in [0.3, 0.4) is 0 Å². The zero-order chi connectivity index (χ0) is 12.5. The second-order valence-corrected chi connectivity index (χ2v) is 5.45. The van der Waals surface area contributed by atoms with Crippen molar-refractivity contribution in [1.29, 1.82) is 0 Å². The molecule has 2 N–H and O–H groups in total. The van der Waals surface area contributed by atoms with Gasteiger partial charge in [-0.3, -0.25) is 0 Å². The number of hydrogen-bond acceptors (Lipinski definition) is 4. The molecule has 0 saturated carbocycles. The molecule has 0 aliphatic heterocycles. The summed E-state index contributed by atoms with van der Waals surface area (Å²) < 4.78 is 21.2. The predicted octanol–water partition coefficient (Wildman–Crippen LogP) is 2.10. The summed E-state index contributed by atoms with van der Waals surface area (Å²) in [6.45, 7) is 0. The Labute approximate surface area is 101 Å². The first-order valence-corrected chi connectivity index (χ1v) is 6.92. The zero-order valence-corrected chi connectivity index (χ0v) is 10.4. The fourth-order valence-electron chi connectivity index (χ4n) is 1.00. The Bertz CT molecular complexity index is 540. The molecule has 86 valence electrons. The van der Waals surface area contributed by atoms with Gasteiger partial charge >= 0.3 is 31.7 Å². The number of benzene rings is 1. The van der Waals surface area contributed by atoms with Crippen molar-refractivity contribution in [2.24, 2.45) is 0 Å². The van der Waals surface area contributed by atoms with E-state index >= 15 is 0 Å². The summed E-state index contributed by atoms with van der Waals surface area (Å²) in [5, 5.41) is 17.1. The van der Waals surface area contributed by atoms with Gasteiger partial charge in [0.05, 0.1) is 19.7 Å². The number of carboxylic acids is 2. The second kappa shape index (κ2) is 4.74. The number of aromatic carboxylic acids is 2. The van der Waals surface area contributed by atoms with Gasteiger partial charge in [0.25, 0.3) is 0 Å². The molecule has 0 saturated heterocycles. The van der Waals surface area contributed by atoms with Gasteiger partial charge in [0.15, 0.2) is 0 Å². The number of hydrogen-bond donors (Lipinski definition) is 2. The molecule has 8 heteroatoms. The molecule has 0 atom stereocenters. The SMILES string of the molecule is O=C(O)c1cc(I(=O)=O)c(C(=O)O)cc1Cl. The molecule has 0 heterocycles.